The highest BCUT2D eigenvalue weighted by atomic mass is 35.5. The molecule has 3 heterocycles. The quantitative estimate of drug-likeness (QED) is 0.771. The van der Waals surface area contributed by atoms with E-state index in [1.54, 1.807) is 0 Å². The van der Waals surface area contributed by atoms with Crippen LogP contribution in [0.1, 0.15) is 46.1 Å². The summed E-state index contributed by atoms with van der Waals surface area (Å²) in [5.41, 5.74) is -1.37. The van der Waals surface area contributed by atoms with Gasteiger partial charge in [0, 0.05) is 23.3 Å². The maximum atomic E-state index is 12.7. The van der Waals surface area contributed by atoms with Gasteiger partial charge in [-0.15, -0.1) is 0 Å². The number of piperidine rings is 1. The van der Waals surface area contributed by atoms with Crippen LogP contribution in [0.15, 0.2) is 29.3 Å². The zero-order valence-corrected chi connectivity index (χ0v) is 17.3. The summed E-state index contributed by atoms with van der Waals surface area (Å²) >= 11 is 6.25. The fourth-order valence-electron chi connectivity index (χ4n) is 4.02. The standard InChI is InChI=1S/C19H23ClF3N5O/c1-17(2)7-12(8-18(3,4)27-17)26-13-10-25-28(16(29)15(13)20)14-6-5-11(9-24-14)19(21,22)23/h5-6,9-10,12,26-27H,7-8H2,1-4H3. The molecule has 0 aromatic carbocycles. The van der Waals surface area contributed by atoms with Crippen LogP contribution in [0.3, 0.4) is 0 Å². The minimum absolute atomic E-state index is 0.0411. The smallest absolute Gasteiger partial charge is 0.379 e. The average Bonchev–Trinajstić information content (AvgIpc) is 2.56. The van der Waals surface area contributed by atoms with E-state index in [0.717, 1.165) is 29.7 Å². The van der Waals surface area contributed by atoms with Crippen LogP contribution in [-0.4, -0.2) is 31.9 Å². The van der Waals surface area contributed by atoms with Crippen LogP contribution in [0.25, 0.3) is 5.82 Å². The molecule has 0 saturated carbocycles. The van der Waals surface area contributed by atoms with Crippen molar-refractivity contribution in [1.82, 2.24) is 20.1 Å². The molecule has 0 bridgehead atoms. The summed E-state index contributed by atoms with van der Waals surface area (Å²) in [4.78, 5) is 16.3. The van der Waals surface area contributed by atoms with E-state index in [2.05, 4.69) is 48.4 Å². The number of halogens is 4. The van der Waals surface area contributed by atoms with Crippen molar-refractivity contribution in [2.45, 2.75) is 63.8 Å². The van der Waals surface area contributed by atoms with Gasteiger partial charge in [-0.3, -0.25) is 4.79 Å². The van der Waals surface area contributed by atoms with Gasteiger partial charge >= 0.3 is 6.18 Å². The maximum Gasteiger partial charge on any atom is 0.417 e. The zero-order chi connectivity index (χ0) is 21.6. The summed E-state index contributed by atoms with van der Waals surface area (Å²) in [7, 11) is 0. The Morgan fingerprint density at radius 2 is 1.79 bits per heavy atom. The lowest BCUT2D eigenvalue weighted by molar-refractivity contribution is -0.137. The van der Waals surface area contributed by atoms with Gasteiger partial charge in [0.15, 0.2) is 5.82 Å². The third-order valence-corrected chi connectivity index (χ3v) is 5.13. The molecule has 2 aromatic heterocycles. The first-order valence-electron chi connectivity index (χ1n) is 9.15. The van der Waals surface area contributed by atoms with Crippen molar-refractivity contribution in [3.63, 3.8) is 0 Å². The van der Waals surface area contributed by atoms with Crippen LogP contribution in [0.5, 0.6) is 0 Å². The number of nitrogens with one attached hydrogen (secondary N) is 2. The van der Waals surface area contributed by atoms with Crippen molar-refractivity contribution in [2.75, 3.05) is 5.32 Å². The number of hydrogen-bond acceptors (Lipinski definition) is 5. The first-order chi connectivity index (χ1) is 13.3. The summed E-state index contributed by atoms with van der Waals surface area (Å²) in [6.45, 7) is 8.43. The molecule has 1 aliphatic rings. The Labute approximate surface area is 171 Å². The highest BCUT2D eigenvalue weighted by molar-refractivity contribution is 6.32. The van der Waals surface area contributed by atoms with Gasteiger partial charge in [-0.05, 0) is 52.7 Å². The van der Waals surface area contributed by atoms with Crippen molar-refractivity contribution in [2.24, 2.45) is 0 Å². The second kappa shape index (κ2) is 7.28. The van der Waals surface area contributed by atoms with Crippen molar-refractivity contribution >= 4 is 17.3 Å². The number of rotatable bonds is 3. The van der Waals surface area contributed by atoms with Crippen LogP contribution in [0, 0.1) is 0 Å². The van der Waals surface area contributed by atoms with Gasteiger partial charge in [-0.25, -0.2) is 4.98 Å². The maximum absolute atomic E-state index is 12.7. The number of pyridine rings is 1. The van der Waals surface area contributed by atoms with Gasteiger partial charge in [0.2, 0.25) is 0 Å². The summed E-state index contributed by atoms with van der Waals surface area (Å²) in [5, 5.41) is 10.8. The molecular formula is C19H23ClF3N5O. The molecule has 1 saturated heterocycles. The molecule has 158 valence electrons. The molecule has 3 rings (SSSR count). The average molecular weight is 430 g/mol. The summed E-state index contributed by atoms with van der Waals surface area (Å²) < 4.78 is 39.0. The first-order valence-corrected chi connectivity index (χ1v) is 9.53. The van der Waals surface area contributed by atoms with E-state index in [-0.39, 0.29) is 28.0 Å². The second-order valence-corrected chi connectivity index (χ2v) is 9.01. The molecule has 0 unspecified atom stereocenters. The summed E-state index contributed by atoms with van der Waals surface area (Å²) in [5.74, 6) is -0.0411. The molecule has 0 radical (unpaired) electrons. The van der Waals surface area contributed by atoms with E-state index in [0.29, 0.717) is 11.9 Å². The second-order valence-electron chi connectivity index (χ2n) is 8.63. The fourth-order valence-corrected chi connectivity index (χ4v) is 4.20. The van der Waals surface area contributed by atoms with Gasteiger partial charge in [0.25, 0.3) is 5.56 Å². The number of alkyl halides is 3. The lowest BCUT2D eigenvalue weighted by Crippen LogP contribution is -2.60. The summed E-state index contributed by atoms with van der Waals surface area (Å²) in [6, 6.07) is 1.99. The molecular weight excluding hydrogens is 407 g/mol. The Morgan fingerprint density at radius 3 is 2.31 bits per heavy atom. The van der Waals surface area contributed by atoms with E-state index < -0.39 is 17.3 Å². The number of anilines is 1. The molecule has 2 aromatic rings. The van der Waals surface area contributed by atoms with Gasteiger partial charge in [-0.1, -0.05) is 11.6 Å². The Balaban J connectivity index is 1.86. The lowest BCUT2D eigenvalue weighted by atomic mass is 9.79. The SMILES string of the molecule is CC1(C)CC(Nc2cnn(-c3ccc(C(F)(F)F)cn3)c(=O)c2Cl)CC(C)(C)N1. The molecule has 0 amide bonds. The number of nitrogens with zero attached hydrogens (tertiary/aromatic N) is 3. The van der Waals surface area contributed by atoms with Crippen LogP contribution in [-0.2, 0) is 6.18 Å². The predicted octanol–water partition coefficient (Wildman–Crippen LogP) is 4.02. The largest absolute Gasteiger partial charge is 0.417 e. The monoisotopic (exact) mass is 429 g/mol. The number of aromatic nitrogens is 3. The molecule has 0 atom stereocenters. The lowest BCUT2D eigenvalue weighted by Gasteiger charge is -2.46. The zero-order valence-electron chi connectivity index (χ0n) is 16.6. The minimum atomic E-state index is -4.51. The predicted molar refractivity (Wildman–Crippen MR) is 106 cm³/mol. The van der Waals surface area contributed by atoms with Crippen LogP contribution in [0.4, 0.5) is 18.9 Å². The minimum Gasteiger partial charge on any atom is -0.379 e. The molecule has 6 nitrogen and oxygen atoms in total. The molecule has 1 fully saturated rings. The first kappa shape index (κ1) is 21.6. The molecule has 0 aliphatic carbocycles. The molecule has 0 spiro atoms. The van der Waals surface area contributed by atoms with Gasteiger partial charge in [-0.2, -0.15) is 23.0 Å². The number of hydrogen-bond donors (Lipinski definition) is 2. The normalized spacial score (nSPS) is 19.2. The van der Waals surface area contributed by atoms with Crippen LogP contribution < -0.4 is 16.2 Å². The topological polar surface area (TPSA) is 71.8 Å². The van der Waals surface area contributed by atoms with Crippen molar-refractivity contribution in [3.8, 4) is 5.82 Å². The third-order valence-electron chi connectivity index (χ3n) is 4.76. The molecule has 10 heteroatoms. The van der Waals surface area contributed by atoms with Gasteiger partial charge < -0.3 is 10.6 Å². The van der Waals surface area contributed by atoms with Gasteiger partial charge in [0.05, 0.1) is 17.4 Å². The highest BCUT2D eigenvalue weighted by Crippen LogP contribution is 2.32. The van der Waals surface area contributed by atoms with E-state index >= 15 is 0 Å². The fraction of sp³-hybridized carbons (Fsp3) is 0.526. The van der Waals surface area contributed by atoms with E-state index in [4.69, 9.17) is 11.6 Å². The Bertz CT molecular complexity index is 938. The van der Waals surface area contributed by atoms with Crippen molar-refractivity contribution < 1.29 is 13.2 Å². The van der Waals surface area contributed by atoms with E-state index in [1.165, 1.54) is 6.20 Å². The van der Waals surface area contributed by atoms with Crippen molar-refractivity contribution in [3.05, 3.63) is 45.5 Å². The Morgan fingerprint density at radius 1 is 1.17 bits per heavy atom. The molecule has 1 aliphatic heterocycles. The highest BCUT2D eigenvalue weighted by Gasteiger charge is 2.38. The molecule has 29 heavy (non-hydrogen) atoms. The molecule has 2 N–H and O–H groups in total. The van der Waals surface area contributed by atoms with Crippen molar-refractivity contribution in [1.29, 1.82) is 0 Å². The van der Waals surface area contributed by atoms with Crippen LogP contribution in [0.2, 0.25) is 5.02 Å². The van der Waals surface area contributed by atoms with E-state index in [9.17, 15) is 18.0 Å². The Kier molecular flexibility index (Phi) is 5.42. The van der Waals surface area contributed by atoms with Gasteiger partial charge in [0.1, 0.15) is 5.02 Å². The summed E-state index contributed by atoms with van der Waals surface area (Å²) in [6.07, 6.45) is -0.827. The van der Waals surface area contributed by atoms with Crippen LogP contribution >= 0.6 is 11.6 Å². The third kappa shape index (κ3) is 4.90. The van der Waals surface area contributed by atoms with E-state index in [1.807, 2.05) is 0 Å². The Hall–Kier alpha value is -2.13.